The van der Waals surface area contributed by atoms with Crippen molar-refractivity contribution in [1.29, 1.82) is 0 Å². The number of carbonyl (C=O) groups excluding carboxylic acids is 1. The van der Waals surface area contributed by atoms with Gasteiger partial charge in [-0.2, -0.15) is 0 Å². The van der Waals surface area contributed by atoms with Crippen molar-refractivity contribution in [3.8, 4) is 0 Å². The maximum absolute atomic E-state index is 12.5. The third-order valence-electron chi connectivity index (χ3n) is 7.11. The van der Waals surface area contributed by atoms with E-state index in [4.69, 9.17) is 14.3 Å². The molecule has 0 aromatic heterocycles. The number of fused-ring (bicyclic) bond motifs is 3. The van der Waals surface area contributed by atoms with Crippen molar-refractivity contribution in [3.63, 3.8) is 0 Å². The molecule has 0 aliphatic carbocycles. The molecule has 1 amide bonds. The van der Waals surface area contributed by atoms with Crippen LogP contribution in [0.25, 0.3) is 0 Å². The highest BCUT2D eigenvalue weighted by Crippen LogP contribution is 2.37. The molecule has 1 aromatic rings. The van der Waals surface area contributed by atoms with E-state index in [1.165, 1.54) is 18.4 Å². The molecule has 7 nitrogen and oxygen atoms in total. The first-order valence-electron chi connectivity index (χ1n) is 11.8. The van der Waals surface area contributed by atoms with Crippen LogP contribution in [0, 0.1) is 0 Å². The predicted octanol–water partition coefficient (Wildman–Crippen LogP) is 3.12. The van der Waals surface area contributed by atoms with Crippen LogP contribution in [0.2, 0.25) is 0 Å². The van der Waals surface area contributed by atoms with Crippen LogP contribution in [0.3, 0.4) is 0 Å². The van der Waals surface area contributed by atoms with Crippen LogP contribution in [0.15, 0.2) is 29.4 Å². The van der Waals surface area contributed by atoms with Gasteiger partial charge in [0.05, 0.1) is 19.1 Å². The van der Waals surface area contributed by atoms with Gasteiger partial charge >= 0.3 is 0 Å². The molecule has 2 atom stereocenters. The van der Waals surface area contributed by atoms with Gasteiger partial charge in [-0.3, -0.25) is 9.69 Å². The highest BCUT2D eigenvalue weighted by Gasteiger charge is 2.40. The fourth-order valence-electron chi connectivity index (χ4n) is 5.65. The monoisotopic (exact) mass is 427 g/mol. The maximum atomic E-state index is 12.5. The number of benzene rings is 1. The summed E-state index contributed by atoms with van der Waals surface area (Å²) in [7, 11) is 0. The molecule has 0 N–H and O–H groups in total. The molecule has 4 aliphatic heterocycles. The third-order valence-corrected chi connectivity index (χ3v) is 7.11. The van der Waals surface area contributed by atoms with Crippen molar-refractivity contribution in [1.82, 2.24) is 4.90 Å². The Morgan fingerprint density at radius 3 is 2.68 bits per heavy atom. The minimum absolute atomic E-state index is 0.270. The van der Waals surface area contributed by atoms with Crippen LogP contribution in [-0.2, 0) is 25.5 Å². The number of nitrogens with zero attached hydrogens (tertiary/aromatic N) is 3. The Kier molecular flexibility index (Phi) is 6.41. The smallest absolute Gasteiger partial charge is 0.229 e. The molecule has 2 bridgehead atoms. The van der Waals surface area contributed by atoms with Gasteiger partial charge < -0.3 is 19.2 Å². The van der Waals surface area contributed by atoms with Crippen molar-refractivity contribution >= 4 is 17.5 Å². The van der Waals surface area contributed by atoms with E-state index in [9.17, 15) is 4.79 Å². The van der Waals surface area contributed by atoms with Crippen molar-refractivity contribution in [2.24, 2.45) is 5.16 Å². The van der Waals surface area contributed by atoms with Gasteiger partial charge in [0.1, 0.15) is 13.2 Å². The average Bonchev–Trinajstić information content (AvgIpc) is 3.38. The molecular formula is C24H33N3O4. The molecule has 7 heteroatoms. The number of carbonyl (C=O) groups is 1. The van der Waals surface area contributed by atoms with Crippen LogP contribution < -0.4 is 4.90 Å². The molecule has 31 heavy (non-hydrogen) atoms. The summed E-state index contributed by atoms with van der Waals surface area (Å²) in [5.41, 5.74) is 2.42. The molecule has 2 fully saturated rings. The fraction of sp³-hybridized carbons (Fsp3) is 0.667. The Hall–Kier alpha value is -2.12. The van der Waals surface area contributed by atoms with Gasteiger partial charge in [-0.1, -0.05) is 23.4 Å². The van der Waals surface area contributed by atoms with Crippen molar-refractivity contribution in [3.05, 3.63) is 29.8 Å². The second kappa shape index (κ2) is 9.57. The summed E-state index contributed by atoms with van der Waals surface area (Å²) in [6, 6.07) is 9.58. The number of amides is 1. The summed E-state index contributed by atoms with van der Waals surface area (Å²) in [5, 5.41) is 3.85. The summed E-state index contributed by atoms with van der Waals surface area (Å²) >= 11 is 0. The molecule has 1 aromatic carbocycles. The SMILES string of the molecule is O=C1CCc2ccccc2N1CCCN1C2CCC1CC(OCCOC1=NOCC1)C2. The minimum atomic E-state index is 0.270. The van der Waals surface area contributed by atoms with E-state index in [0.717, 1.165) is 50.9 Å². The molecule has 168 valence electrons. The van der Waals surface area contributed by atoms with Crippen LogP contribution >= 0.6 is 0 Å². The van der Waals surface area contributed by atoms with Gasteiger partial charge in [0.25, 0.3) is 0 Å². The van der Waals surface area contributed by atoms with E-state index >= 15 is 0 Å². The van der Waals surface area contributed by atoms with Gasteiger partial charge in [0.15, 0.2) is 0 Å². The van der Waals surface area contributed by atoms with E-state index in [0.29, 0.717) is 50.3 Å². The standard InChI is InChI=1S/C24H33N3O4/c28-24-9-6-18-4-1-2-5-22(18)27(24)12-3-11-26-19-7-8-20(26)17-21(16-19)29-14-15-30-23-10-13-31-25-23/h1-2,4-5,19-21H,3,6-17H2. The number of rotatable bonds is 8. The quantitative estimate of drug-likeness (QED) is 0.597. The number of aryl methyl sites for hydroxylation is 1. The molecular weight excluding hydrogens is 394 g/mol. The van der Waals surface area contributed by atoms with Gasteiger partial charge in [0, 0.05) is 37.3 Å². The van der Waals surface area contributed by atoms with Gasteiger partial charge in [-0.15, -0.1) is 0 Å². The van der Waals surface area contributed by atoms with E-state index in [1.807, 2.05) is 11.0 Å². The molecule has 0 saturated carbocycles. The van der Waals surface area contributed by atoms with E-state index in [-0.39, 0.29) is 5.91 Å². The summed E-state index contributed by atoms with van der Waals surface area (Å²) < 4.78 is 11.7. The Bertz CT molecular complexity index is 800. The molecule has 2 saturated heterocycles. The lowest BCUT2D eigenvalue weighted by Gasteiger charge is -2.39. The first kappa shape index (κ1) is 20.8. The highest BCUT2D eigenvalue weighted by molar-refractivity contribution is 5.96. The summed E-state index contributed by atoms with van der Waals surface area (Å²) in [6.45, 7) is 3.66. The second-order valence-electron chi connectivity index (χ2n) is 9.03. The molecule has 4 heterocycles. The van der Waals surface area contributed by atoms with Crippen molar-refractivity contribution < 1.29 is 19.1 Å². The average molecular weight is 428 g/mol. The third kappa shape index (κ3) is 4.72. The molecule has 0 spiro atoms. The Balaban J connectivity index is 1.06. The Morgan fingerprint density at radius 2 is 1.87 bits per heavy atom. The Labute approximate surface area is 184 Å². The first-order valence-corrected chi connectivity index (χ1v) is 11.8. The summed E-state index contributed by atoms with van der Waals surface area (Å²) in [5.74, 6) is 0.958. The summed E-state index contributed by atoms with van der Waals surface area (Å²) in [6.07, 6.45) is 8.35. The number of anilines is 1. The van der Waals surface area contributed by atoms with E-state index in [1.54, 1.807) is 0 Å². The molecule has 5 rings (SSSR count). The zero-order valence-electron chi connectivity index (χ0n) is 18.2. The largest absolute Gasteiger partial charge is 0.476 e. The van der Waals surface area contributed by atoms with Crippen LogP contribution in [0.1, 0.15) is 50.5 Å². The lowest BCUT2D eigenvalue weighted by atomic mass is 9.99. The molecule has 2 unspecified atom stereocenters. The van der Waals surface area contributed by atoms with Crippen LogP contribution in [0.5, 0.6) is 0 Å². The van der Waals surface area contributed by atoms with Crippen LogP contribution in [0.4, 0.5) is 5.69 Å². The predicted molar refractivity (Wildman–Crippen MR) is 118 cm³/mol. The number of ether oxygens (including phenoxy) is 2. The lowest BCUT2D eigenvalue weighted by molar-refractivity contribution is -0.118. The van der Waals surface area contributed by atoms with E-state index in [2.05, 4.69) is 28.3 Å². The molecule has 4 aliphatic rings. The number of oxime groups is 1. The number of hydrogen-bond donors (Lipinski definition) is 0. The van der Waals surface area contributed by atoms with Crippen molar-refractivity contribution in [2.45, 2.75) is 69.6 Å². The fourth-order valence-corrected chi connectivity index (χ4v) is 5.65. The number of hydrogen-bond acceptors (Lipinski definition) is 6. The first-order chi connectivity index (χ1) is 15.3. The van der Waals surface area contributed by atoms with Crippen LogP contribution in [-0.4, -0.2) is 67.8 Å². The topological polar surface area (TPSA) is 63.6 Å². The van der Waals surface area contributed by atoms with E-state index < -0.39 is 0 Å². The molecule has 0 radical (unpaired) electrons. The van der Waals surface area contributed by atoms with Gasteiger partial charge in [0.2, 0.25) is 11.8 Å². The summed E-state index contributed by atoms with van der Waals surface area (Å²) in [4.78, 5) is 22.1. The Morgan fingerprint density at radius 1 is 1.03 bits per heavy atom. The second-order valence-corrected chi connectivity index (χ2v) is 9.03. The number of para-hydroxylation sites is 1. The van der Waals surface area contributed by atoms with Gasteiger partial charge in [-0.25, -0.2) is 0 Å². The zero-order valence-corrected chi connectivity index (χ0v) is 18.2. The zero-order chi connectivity index (χ0) is 21.0. The normalized spacial score (nSPS) is 27.7. The highest BCUT2D eigenvalue weighted by atomic mass is 16.7. The lowest BCUT2D eigenvalue weighted by Crippen LogP contribution is -2.47. The minimum Gasteiger partial charge on any atom is -0.476 e. The maximum Gasteiger partial charge on any atom is 0.229 e. The number of piperidine rings is 1. The van der Waals surface area contributed by atoms with Crippen molar-refractivity contribution in [2.75, 3.05) is 37.8 Å². The van der Waals surface area contributed by atoms with Gasteiger partial charge in [-0.05, 0) is 50.2 Å².